The molecule has 0 saturated carbocycles. The van der Waals surface area contributed by atoms with Crippen molar-refractivity contribution in [1.82, 2.24) is 0 Å². The summed E-state index contributed by atoms with van der Waals surface area (Å²) in [7, 11) is 0. The second-order valence-corrected chi connectivity index (χ2v) is 4.87. The summed E-state index contributed by atoms with van der Waals surface area (Å²) >= 11 is 0. The molecule has 0 aliphatic carbocycles. The van der Waals surface area contributed by atoms with Crippen LogP contribution in [0.5, 0.6) is 11.5 Å². The van der Waals surface area contributed by atoms with Gasteiger partial charge in [0.05, 0.1) is 13.2 Å². The van der Waals surface area contributed by atoms with Crippen LogP contribution in [0, 0.1) is 6.92 Å². The summed E-state index contributed by atoms with van der Waals surface area (Å²) in [5, 5.41) is 2.24. The largest absolute Gasteiger partial charge is 0.493 e. The van der Waals surface area contributed by atoms with Crippen LogP contribution >= 0.6 is 0 Å². The first-order chi connectivity index (χ1) is 9.86. The molecule has 0 saturated heterocycles. The quantitative estimate of drug-likeness (QED) is 0.628. The standard InChI is InChI=1S/C18H23O2/c1-3-5-13-19-17-11-7-10-16-15(17)9-8-12-18(16)20-14-6-4-2/h7-12H,1,3-6,13-14H2,2H3. The molecule has 2 aromatic carbocycles. The molecule has 0 amide bonds. The molecule has 0 bridgehead atoms. The van der Waals surface area contributed by atoms with Crippen molar-refractivity contribution in [2.24, 2.45) is 0 Å². The third kappa shape index (κ3) is 3.66. The summed E-state index contributed by atoms with van der Waals surface area (Å²) < 4.78 is 11.7. The van der Waals surface area contributed by atoms with Crippen molar-refractivity contribution in [2.45, 2.75) is 32.6 Å². The molecule has 2 rings (SSSR count). The Morgan fingerprint density at radius 1 is 0.850 bits per heavy atom. The van der Waals surface area contributed by atoms with Gasteiger partial charge in [0.15, 0.2) is 0 Å². The molecule has 107 valence electrons. The van der Waals surface area contributed by atoms with Crippen molar-refractivity contribution in [3.8, 4) is 11.5 Å². The third-order valence-electron chi connectivity index (χ3n) is 3.25. The molecule has 1 radical (unpaired) electrons. The Labute approximate surface area is 121 Å². The SMILES string of the molecule is [CH2]CCCOc1cccc2c(OCCCC)cccc12. The normalized spacial score (nSPS) is 10.7. The molecule has 0 aromatic heterocycles. The lowest BCUT2D eigenvalue weighted by atomic mass is 10.1. The number of hydrogen-bond acceptors (Lipinski definition) is 2. The minimum atomic E-state index is 0.712. The van der Waals surface area contributed by atoms with E-state index in [9.17, 15) is 0 Å². The number of unbranched alkanes of at least 4 members (excludes halogenated alkanes) is 2. The molecule has 0 heterocycles. The van der Waals surface area contributed by atoms with Crippen molar-refractivity contribution >= 4 is 10.8 Å². The average molecular weight is 271 g/mol. The fourth-order valence-corrected chi connectivity index (χ4v) is 2.11. The fourth-order valence-electron chi connectivity index (χ4n) is 2.11. The predicted molar refractivity (Wildman–Crippen MR) is 84.4 cm³/mol. The van der Waals surface area contributed by atoms with Gasteiger partial charge in [-0.2, -0.15) is 0 Å². The van der Waals surface area contributed by atoms with Gasteiger partial charge in [0.2, 0.25) is 0 Å². The first kappa shape index (κ1) is 14.7. The zero-order valence-corrected chi connectivity index (χ0v) is 12.2. The highest BCUT2D eigenvalue weighted by Gasteiger charge is 2.06. The Hall–Kier alpha value is -1.70. The van der Waals surface area contributed by atoms with E-state index in [0.717, 1.165) is 54.6 Å². The van der Waals surface area contributed by atoms with E-state index in [-0.39, 0.29) is 0 Å². The minimum Gasteiger partial charge on any atom is -0.493 e. The van der Waals surface area contributed by atoms with Gasteiger partial charge in [-0.15, -0.1) is 0 Å². The maximum Gasteiger partial charge on any atom is 0.127 e. The third-order valence-corrected chi connectivity index (χ3v) is 3.25. The number of hydrogen-bond donors (Lipinski definition) is 0. The molecule has 0 unspecified atom stereocenters. The summed E-state index contributed by atoms with van der Waals surface area (Å²) in [4.78, 5) is 0. The van der Waals surface area contributed by atoms with Crippen molar-refractivity contribution < 1.29 is 9.47 Å². The summed E-state index contributed by atoms with van der Waals surface area (Å²) in [5.41, 5.74) is 0. The molecule has 2 aromatic rings. The first-order valence-corrected chi connectivity index (χ1v) is 7.43. The Balaban J connectivity index is 2.21. The van der Waals surface area contributed by atoms with Gasteiger partial charge >= 0.3 is 0 Å². The van der Waals surface area contributed by atoms with Crippen LogP contribution in [0.4, 0.5) is 0 Å². The van der Waals surface area contributed by atoms with Gasteiger partial charge in [0.25, 0.3) is 0 Å². The van der Waals surface area contributed by atoms with Crippen LogP contribution in [-0.2, 0) is 0 Å². The van der Waals surface area contributed by atoms with Gasteiger partial charge < -0.3 is 9.47 Å². The summed E-state index contributed by atoms with van der Waals surface area (Å²) in [6.07, 6.45) is 4.10. The minimum absolute atomic E-state index is 0.712. The lowest BCUT2D eigenvalue weighted by Gasteiger charge is -2.12. The molecule has 2 nitrogen and oxygen atoms in total. The van der Waals surface area contributed by atoms with Crippen LogP contribution in [0.3, 0.4) is 0 Å². The summed E-state index contributed by atoms with van der Waals surface area (Å²) in [5.74, 6) is 1.87. The van der Waals surface area contributed by atoms with Gasteiger partial charge in [0.1, 0.15) is 11.5 Å². The molecule has 2 heteroatoms. The number of ether oxygens (including phenoxy) is 2. The van der Waals surface area contributed by atoms with Gasteiger partial charge in [0, 0.05) is 10.8 Å². The fraction of sp³-hybridized carbons (Fsp3) is 0.389. The van der Waals surface area contributed by atoms with Crippen LogP contribution in [0.1, 0.15) is 32.6 Å². The molecule has 0 spiro atoms. The number of fused-ring (bicyclic) bond motifs is 1. The molecule has 0 aliphatic heterocycles. The van der Waals surface area contributed by atoms with E-state index in [4.69, 9.17) is 9.47 Å². The van der Waals surface area contributed by atoms with Crippen molar-refractivity contribution in [2.75, 3.05) is 13.2 Å². The molecule has 20 heavy (non-hydrogen) atoms. The smallest absolute Gasteiger partial charge is 0.127 e. The van der Waals surface area contributed by atoms with Crippen molar-refractivity contribution in [3.63, 3.8) is 0 Å². The number of benzene rings is 2. The van der Waals surface area contributed by atoms with Gasteiger partial charge in [-0.3, -0.25) is 0 Å². The van der Waals surface area contributed by atoms with Gasteiger partial charge in [-0.1, -0.05) is 51.0 Å². The van der Waals surface area contributed by atoms with E-state index in [1.165, 1.54) is 0 Å². The van der Waals surface area contributed by atoms with Gasteiger partial charge in [-0.05, 0) is 25.0 Å². The highest BCUT2D eigenvalue weighted by atomic mass is 16.5. The Morgan fingerprint density at radius 3 is 1.90 bits per heavy atom. The van der Waals surface area contributed by atoms with Crippen LogP contribution in [-0.4, -0.2) is 13.2 Å². The second kappa shape index (κ2) is 7.78. The molecule has 0 fully saturated rings. The zero-order valence-electron chi connectivity index (χ0n) is 12.2. The van der Waals surface area contributed by atoms with E-state index in [1.807, 2.05) is 24.3 Å². The van der Waals surface area contributed by atoms with Crippen LogP contribution in [0.25, 0.3) is 10.8 Å². The Kier molecular flexibility index (Phi) is 5.72. The zero-order chi connectivity index (χ0) is 14.2. The van der Waals surface area contributed by atoms with E-state index < -0.39 is 0 Å². The molecular formula is C18H23O2. The first-order valence-electron chi connectivity index (χ1n) is 7.43. The van der Waals surface area contributed by atoms with Crippen molar-refractivity contribution in [3.05, 3.63) is 43.3 Å². The molecule has 0 aliphatic rings. The highest BCUT2D eigenvalue weighted by Crippen LogP contribution is 2.32. The highest BCUT2D eigenvalue weighted by molar-refractivity contribution is 5.93. The van der Waals surface area contributed by atoms with E-state index in [2.05, 4.69) is 26.0 Å². The van der Waals surface area contributed by atoms with Crippen LogP contribution in [0.15, 0.2) is 36.4 Å². The lowest BCUT2D eigenvalue weighted by Crippen LogP contribution is -1.99. The van der Waals surface area contributed by atoms with Crippen molar-refractivity contribution in [1.29, 1.82) is 0 Å². The maximum absolute atomic E-state index is 5.87. The predicted octanol–water partition coefficient (Wildman–Crippen LogP) is 5.01. The Bertz CT molecular complexity index is 485. The Morgan fingerprint density at radius 2 is 1.40 bits per heavy atom. The topological polar surface area (TPSA) is 18.5 Å². The summed E-state index contributed by atoms with van der Waals surface area (Å²) in [6, 6.07) is 12.3. The number of rotatable bonds is 8. The lowest BCUT2D eigenvalue weighted by molar-refractivity contribution is 0.311. The van der Waals surface area contributed by atoms with Crippen LogP contribution in [0.2, 0.25) is 0 Å². The molecule has 0 atom stereocenters. The average Bonchev–Trinajstić information content (AvgIpc) is 2.48. The van der Waals surface area contributed by atoms with E-state index in [1.54, 1.807) is 0 Å². The van der Waals surface area contributed by atoms with E-state index in [0.29, 0.717) is 6.61 Å². The van der Waals surface area contributed by atoms with Crippen LogP contribution < -0.4 is 9.47 Å². The molecular weight excluding hydrogens is 248 g/mol. The second-order valence-electron chi connectivity index (χ2n) is 4.87. The van der Waals surface area contributed by atoms with Gasteiger partial charge in [-0.25, -0.2) is 0 Å². The summed E-state index contributed by atoms with van der Waals surface area (Å²) in [6.45, 7) is 7.48. The van der Waals surface area contributed by atoms with E-state index >= 15 is 0 Å². The maximum atomic E-state index is 5.87. The monoisotopic (exact) mass is 271 g/mol. The molecule has 0 N–H and O–H groups in total.